The maximum absolute atomic E-state index is 14.6. The number of imidazole rings is 1. The molecule has 3 nitrogen and oxygen atoms in total. The lowest BCUT2D eigenvalue weighted by Gasteiger charge is -2.23. The first-order valence-electron chi connectivity index (χ1n) is 9.14. The van der Waals surface area contributed by atoms with E-state index < -0.39 is 0 Å². The molecule has 2 aromatic carbocycles. The summed E-state index contributed by atoms with van der Waals surface area (Å²) in [5.74, 6) is 0.717. The van der Waals surface area contributed by atoms with E-state index in [1.54, 1.807) is 6.07 Å². The molecule has 0 atom stereocenters. The average molecular weight is 347 g/mol. The number of anilines is 1. The van der Waals surface area contributed by atoms with Crippen molar-refractivity contribution in [3.63, 3.8) is 0 Å². The van der Waals surface area contributed by atoms with Crippen LogP contribution in [0, 0.1) is 5.82 Å². The van der Waals surface area contributed by atoms with Crippen molar-refractivity contribution in [1.82, 2.24) is 9.38 Å². The molecule has 4 aromatic rings. The van der Waals surface area contributed by atoms with Crippen molar-refractivity contribution in [3.8, 4) is 11.3 Å². The van der Waals surface area contributed by atoms with Crippen LogP contribution in [0.3, 0.4) is 0 Å². The van der Waals surface area contributed by atoms with Crippen molar-refractivity contribution < 1.29 is 4.39 Å². The van der Waals surface area contributed by atoms with E-state index >= 15 is 0 Å². The van der Waals surface area contributed by atoms with Crippen LogP contribution in [0.15, 0.2) is 60.8 Å². The zero-order valence-corrected chi connectivity index (χ0v) is 15.1. The number of halogens is 1. The van der Waals surface area contributed by atoms with Crippen molar-refractivity contribution in [3.05, 3.63) is 66.6 Å². The predicted octanol–water partition coefficient (Wildman–Crippen LogP) is 5.53. The summed E-state index contributed by atoms with van der Waals surface area (Å²) < 4.78 is 16.7. The van der Waals surface area contributed by atoms with Crippen LogP contribution in [0.4, 0.5) is 10.2 Å². The Balaban J connectivity index is 2.08. The monoisotopic (exact) mass is 347 g/mol. The SMILES string of the molecule is CCCN(CC)c1c(-c2ccccc2F)nc2c3ccccc3ccn12. The molecule has 0 bridgehead atoms. The second kappa shape index (κ2) is 6.79. The number of pyridine rings is 1. The molecule has 26 heavy (non-hydrogen) atoms. The number of hydrogen-bond acceptors (Lipinski definition) is 2. The van der Waals surface area contributed by atoms with Gasteiger partial charge in [-0.1, -0.05) is 43.3 Å². The number of aromatic nitrogens is 2. The summed E-state index contributed by atoms with van der Waals surface area (Å²) in [6, 6.07) is 17.2. The van der Waals surface area contributed by atoms with Crippen molar-refractivity contribution in [2.75, 3.05) is 18.0 Å². The van der Waals surface area contributed by atoms with E-state index in [0.717, 1.165) is 41.7 Å². The lowest BCUT2D eigenvalue weighted by atomic mass is 10.1. The van der Waals surface area contributed by atoms with Crippen molar-refractivity contribution >= 4 is 22.2 Å². The topological polar surface area (TPSA) is 20.5 Å². The van der Waals surface area contributed by atoms with E-state index in [1.165, 1.54) is 6.07 Å². The van der Waals surface area contributed by atoms with Crippen LogP contribution < -0.4 is 4.90 Å². The van der Waals surface area contributed by atoms with Gasteiger partial charge in [-0.25, -0.2) is 9.37 Å². The van der Waals surface area contributed by atoms with E-state index in [9.17, 15) is 4.39 Å². The number of hydrogen-bond donors (Lipinski definition) is 0. The minimum absolute atomic E-state index is 0.242. The van der Waals surface area contributed by atoms with Gasteiger partial charge >= 0.3 is 0 Å². The molecule has 2 heterocycles. The van der Waals surface area contributed by atoms with Gasteiger partial charge in [0.05, 0.1) is 0 Å². The van der Waals surface area contributed by atoms with Crippen molar-refractivity contribution in [2.45, 2.75) is 20.3 Å². The van der Waals surface area contributed by atoms with Gasteiger partial charge < -0.3 is 4.90 Å². The lowest BCUT2D eigenvalue weighted by Crippen LogP contribution is -2.25. The Bertz CT molecular complexity index is 1070. The molecule has 0 N–H and O–H groups in total. The zero-order chi connectivity index (χ0) is 18.1. The fraction of sp³-hybridized carbons (Fsp3) is 0.227. The molecule has 4 rings (SSSR count). The summed E-state index contributed by atoms with van der Waals surface area (Å²) in [6.45, 7) is 6.03. The van der Waals surface area contributed by atoms with E-state index in [0.29, 0.717) is 11.3 Å². The summed E-state index contributed by atoms with van der Waals surface area (Å²) in [5.41, 5.74) is 2.12. The third-order valence-corrected chi connectivity index (χ3v) is 4.79. The van der Waals surface area contributed by atoms with E-state index in [4.69, 9.17) is 4.98 Å². The average Bonchev–Trinajstić information content (AvgIpc) is 3.06. The van der Waals surface area contributed by atoms with Crippen LogP contribution in [0.5, 0.6) is 0 Å². The fourth-order valence-corrected chi connectivity index (χ4v) is 3.58. The highest BCUT2D eigenvalue weighted by Crippen LogP contribution is 2.35. The van der Waals surface area contributed by atoms with E-state index in [2.05, 4.69) is 41.3 Å². The van der Waals surface area contributed by atoms with Crippen LogP contribution in [0.2, 0.25) is 0 Å². The first-order chi connectivity index (χ1) is 12.7. The largest absolute Gasteiger partial charge is 0.356 e. The Hall–Kier alpha value is -2.88. The fourth-order valence-electron chi connectivity index (χ4n) is 3.58. The summed E-state index contributed by atoms with van der Waals surface area (Å²) in [6.07, 6.45) is 3.06. The lowest BCUT2D eigenvalue weighted by molar-refractivity contribution is 0.630. The van der Waals surface area contributed by atoms with Crippen LogP contribution >= 0.6 is 0 Å². The van der Waals surface area contributed by atoms with Gasteiger partial charge in [-0.3, -0.25) is 4.40 Å². The van der Waals surface area contributed by atoms with Gasteiger partial charge in [0.15, 0.2) is 0 Å². The van der Waals surface area contributed by atoms with Crippen LogP contribution in [-0.2, 0) is 0 Å². The van der Waals surface area contributed by atoms with Gasteiger partial charge in [0.2, 0.25) is 0 Å². The van der Waals surface area contributed by atoms with Crippen LogP contribution in [-0.4, -0.2) is 22.5 Å². The Kier molecular flexibility index (Phi) is 4.33. The molecular formula is C22H22FN3. The second-order valence-electron chi connectivity index (χ2n) is 6.44. The third kappa shape index (κ3) is 2.62. The minimum atomic E-state index is -0.242. The number of benzene rings is 2. The highest BCUT2D eigenvalue weighted by atomic mass is 19.1. The number of fused-ring (bicyclic) bond motifs is 3. The number of rotatable bonds is 5. The van der Waals surface area contributed by atoms with Crippen LogP contribution in [0.25, 0.3) is 27.7 Å². The summed E-state index contributed by atoms with van der Waals surface area (Å²) >= 11 is 0. The van der Waals surface area contributed by atoms with Gasteiger partial charge in [0, 0.05) is 30.2 Å². The summed E-state index contributed by atoms with van der Waals surface area (Å²) in [7, 11) is 0. The minimum Gasteiger partial charge on any atom is -0.356 e. The Morgan fingerprint density at radius 1 is 1.00 bits per heavy atom. The molecule has 4 heteroatoms. The van der Waals surface area contributed by atoms with Crippen molar-refractivity contribution in [1.29, 1.82) is 0 Å². The highest BCUT2D eigenvalue weighted by Gasteiger charge is 2.21. The van der Waals surface area contributed by atoms with Crippen molar-refractivity contribution in [2.24, 2.45) is 0 Å². The molecular weight excluding hydrogens is 325 g/mol. The molecule has 0 spiro atoms. The maximum atomic E-state index is 14.6. The van der Waals surface area contributed by atoms with Gasteiger partial charge in [-0.2, -0.15) is 0 Å². The summed E-state index contributed by atoms with van der Waals surface area (Å²) in [4.78, 5) is 7.18. The molecule has 132 valence electrons. The van der Waals surface area contributed by atoms with Gasteiger partial charge in [-0.15, -0.1) is 0 Å². The van der Waals surface area contributed by atoms with Gasteiger partial charge in [-0.05, 0) is 36.9 Å². The Labute approximate surface area is 152 Å². The predicted molar refractivity (Wildman–Crippen MR) is 106 cm³/mol. The second-order valence-corrected chi connectivity index (χ2v) is 6.44. The Morgan fingerprint density at radius 2 is 1.77 bits per heavy atom. The molecule has 0 saturated heterocycles. The molecule has 0 amide bonds. The molecule has 0 aliphatic heterocycles. The van der Waals surface area contributed by atoms with Gasteiger partial charge in [0.1, 0.15) is 23.0 Å². The summed E-state index contributed by atoms with van der Waals surface area (Å²) in [5, 5.41) is 2.21. The molecule has 2 aromatic heterocycles. The molecule has 0 unspecified atom stereocenters. The first-order valence-corrected chi connectivity index (χ1v) is 9.14. The molecule has 0 aliphatic carbocycles. The maximum Gasteiger partial charge on any atom is 0.147 e. The molecule has 0 saturated carbocycles. The standard InChI is InChI=1S/C22H22FN3/c1-3-14-25(4-2)22-20(18-11-7-8-12-19(18)23)24-21-17-10-6-5-9-16(17)13-15-26(21)22/h5-13,15H,3-4,14H2,1-2H3. The van der Waals surface area contributed by atoms with E-state index in [-0.39, 0.29) is 5.82 Å². The third-order valence-electron chi connectivity index (χ3n) is 4.79. The van der Waals surface area contributed by atoms with Crippen LogP contribution in [0.1, 0.15) is 20.3 Å². The van der Waals surface area contributed by atoms with E-state index in [1.807, 2.05) is 30.5 Å². The molecule has 0 aliphatic rings. The quantitative estimate of drug-likeness (QED) is 0.473. The highest BCUT2D eigenvalue weighted by molar-refractivity contribution is 5.96. The first kappa shape index (κ1) is 16.6. The number of nitrogens with zero attached hydrogens (tertiary/aromatic N) is 3. The zero-order valence-electron chi connectivity index (χ0n) is 15.1. The normalized spacial score (nSPS) is 11.3. The molecule has 0 fully saturated rings. The Morgan fingerprint density at radius 3 is 2.54 bits per heavy atom. The van der Waals surface area contributed by atoms with Gasteiger partial charge in [0.25, 0.3) is 0 Å². The smallest absolute Gasteiger partial charge is 0.147 e. The molecule has 0 radical (unpaired) electrons.